The van der Waals surface area contributed by atoms with Crippen LogP contribution in [0.2, 0.25) is 0 Å². The maximum absolute atomic E-state index is 12.9. The third kappa shape index (κ3) is 60.8. The molecule has 0 aliphatic heterocycles. The van der Waals surface area contributed by atoms with Crippen molar-refractivity contribution in [3.63, 3.8) is 0 Å². The molecule has 0 saturated carbocycles. The van der Waals surface area contributed by atoms with Gasteiger partial charge in [-0.15, -0.1) is 0 Å². The van der Waals surface area contributed by atoms with E-state index >= 15 is 0 Å². The van der Waals surface area contributed by atoms with E-state index in [9.17, 15) is 14.4 Å². The number of allylic oxidation sites excluding steroid dienone is 18. The van der Waals surface area contributed by atoms with E-state index in [1.165, 1.54) is 128 Å². The van der Waals surface area contributed by atoms with E-state index in [1.54, 1.807) is 0 Å². The standard InChI is InChI=1S/C69H116O6/c1-4-7-10-13-16-19-22-24-26-28-29-30-31-32-33-34-35-36-37-38-39-41-42-44-47-50-53-56-59-62-68(71)74-65-66(64-73-67(70)61-58-55-52-49-46-21-18-15-12-9-6-3)75-69(72)63-60-57-54-51-48-45-43-40-27-25-23-20-17-14-11-8-5-2/h7-8,10-11,16-17,19-20,24-27,29-30,32-33,35-36,66H,4-6,9,12-15,18,21-23,28,31,34,37-65H2,1-3H3/b10-7-,11-8-,19-16-,20-17-,26-24-,27-25-,30-29-,33-32-,36-35-. The lowest BCUT2D eigenvalue weighted by molar-refractivity contribution is -0.167. The Bertz CT molecular complexity index is 1520. The summed E-state index contributed by atoms with van der Waals surface area (Å²) in [5, 5.41) is 0. The molecule has 0 fully saturated rings. The molecule has 0 saturated heterocycles. The lowest BCUT2D eigenvalue weighted by atomic mass is 10.1. The van der Waals surface area contributed by atoms with Gasteiger partial charge in [-0.1, -0.05) is 278 Å². The SMILES string of the molecule is CC/C=C\C/C=C\C/C=C\C/C=C\C/C=C\C/C=C\CCCCCCCCCCCCC(=O)OCC(COC(=O)CCCCCCCCCCCCC)OC(=O)CCCCCCCCC/C=C\C/C=C\C/C=C\CC. The molecule has 0 aliphatic carbocycles. The number of carbonyl (C=O) groups is 3. The van der Waals surface area contributed by atoms with Crippen molar-refractivity contribution in [3.8, 4) is 0 Å². The average molecular weight is 1040 g/mol. The maximum atomic E-state index is 12.9. The van der Waals surface area contributed by atoms with E-state index in [0.717, 1.165) is 122 Å². The zero-order valence-electron chi connectivity index (χ0n) is 49.0. The van der Waals surface area contributed by atoms with E-state index in [0.29, 0.717) is 19.3 Å². The normalized spacial score (nSPS) is 12.8. The quantitative estimate of drug-likeness (QED) is 0.0261. The second kappa shape index (κ2) is 62.6. The predicted octanol–water partition coefficient (Wildman–Crippen LogP) is 21.4. The fraction of sp³-hybridized carbons (Fsp3) is 0.696. The van der Waals surface area contributed by atoms with Crippen LogP contribution in [0.1, 0.15) is 290 Å². The molecule has 0 radical (unpaired) electrons. The van der Waals surface area contributed by atoms with E-state index in [1.807, 2.05) is 0 Å². The van der Waals surface area contributed by atoms with E-state index in [-0.39, 0.29) is 31.1 Å². The number of rotatable bonds is 56. The molecule has 428 valence electrons. The summed E-state index contributed by atoms with van der Waals surface area (Å²) in [5.74, 6) is -0.890. The number of carbonyl (C=O) groups excluding carboxylic acids is 3. The maximum Gasteiger partial charge on any atom is 0.306 e. The minimum atomic E-state index is -0.785. The monoisotopic (exact) mass is 1040 g/mol. The summed E-state index contributed by atoms with van der Waals surface area (Å²) in [6.07, 6.45) is 85.2. The second-order valence-electron chi connectivity index (χ2n) is 20.6. The molecule has 1 unspecified atom stereocenters. The first-order valence-corrected chi connectivity index (χ1v) is 31.4. The van der Waals surface area contributed by atoms with Gasteiger partial charge in [0.1, 0.15) is 13.2 Å². The van der Waals surface area contributed by atoms with Crippen LogP contribution in [-0.2, 0) is 28.6 Å². The third-order valence-corrected chi connectivity index (χ3v) is 13.3. The lowest BCUT2D eigenvalue weighted by Gasteiger charge is -2.18. The Morgan fingerprint density at radius 1 is 0.280 bits per heavy atom. The van der Waals surface area contributed by atoms with Crippen LogP contribution in [0.4, 0.5) is 0 Å². The van der Waals surface area contributed by atoms with Crippen LogP contribution in [-0.4, -0.2) is 37.2 Å². The molecule has 0 bridgehead atoms. The average Bonchev–Trinajstić information content (AvgIpc) is 3.41. The van der Waals surface area contributed by atoms with Crippen molar-refractivity contribution in [3.05, 3.63) is 109 Å². The summed E-state index contributed by atoms with van der Waals surface area (Å²) >= 11 is 0. The molecule has 75 heavy (non-hydrogen) atoms. The Morgan fingerprint density at radius 3 is 0.813 bits per heavy atom. The molecule has 0 rings (SSSR count). The molecule has 0 amide bonds. The van der Waals surface area contributed by atoms with Gasteiger partial charge >= 0.3 is 17.9 Å². The molecule has 0 aliphatic rings. The van der Waals surface area contributed by atoms with E-state index in [4.69, 9.17) is 14.2 Å². The van der Waals surface area contributed by atoms with Gasteiger partial charge in [-0.25, -0.2) is 0 Å². The summed E-state index contributed by atoms with van der Waals surface area (Å²) in [7, 11) is 0. The highest BCUT2D eigenvalue weighted by atomic mass is 16.6. The Kier molecular flexibility index (Phi) is 59.3. The fourth-order valence-corrected chi connectivity index (χ4v) is 8.64. The number of hydrogen-bond donors (Lipinski definition) is 0. The van der Waals surface area contributed by atoms with Gasteiger partial charge in [-0.2, -0.15) is 0 Å². The molecule has 1 atom stereocenters. The first-order valence-electron chi connectivity index (χ1n) is 31.4. The van der Waals surface area contributed by atoms with Crippen LogP contribution >= 0.6 is 0 Å². The predicted molar refractivity (Wildman–Crippen MR) is 325 cm³/mol. The Morgan fingerprint density at radius 2 is 0.520 bits per heavy atom. The van der Waals surface area contributed by atoms with Gasteiger partial charge in [-0.3, -0.25) is 14.4 Å². The summed E-state index contributed by atoms with van der Waals surface area (Å²) in [6, 6.07) is 0. The Balaban J connectivity index is 4.26. The molecule has 0 aromatic rings. The molecule has 0 spiro atoms. The zero-order chi connectivity index (χ0) is 54.3. The molecule has 0 aromatic heterocycles. The van der Waals surface area contributed by atoms with Gasteiger partial charge in [-0.05, 0) is 103 Å². The third-order valence-electron chi connectivity index (χ3n) is 13.3. The smallest absolute Gasteiger partial charge is 0.306 e. The first kappa shape index (κ1) is 71.1. The van der Waals surface area contributed by atoms with Crippen molar-refractivity contribution in [2.75, 3.05) is 13.2 Å². The van der Waals surface area contributed by atoms with Crippen LogP contribution < -0.4 is 0 Å². The van der Waals surface area contributed by atoms with Crippen molar-refractivity contribution >= 4 is 17.9 Å². The van der Waals surface area contributed by atoms with Crippen LogP contribution in [0, 0.1) is 0 Å². The van der Waals surface area contributed by atoms with Crippen molar-refractivity contribution in [1.82, 2.24) is 0 Å². The lowest BCUT2D eigenvalue weighted by Crippen LogP contribution is -2.30. The van der Waals surface area contributed by atoms with Crippen LogP contribution in [0.5, 0.6) is 0 Å². The van der Waals surface area contributed by atoms with Crippen molar-refractivity contribution in [2.45, 2.75) is 297 Å². The highest BCUT2D eigenvalue weighted by molar-refractivity contribution is 5.71. The summed E-state index contributed by atoms with van der Waals surface area (Å²) in [6.45, 7) is 6.41. The van der Waals surface area contributed by atoms with Gasteiger partial charge in [0.2, 0.25) is 0 Å². The number of ether oxygens (including phenoxy) is 3. The van der Waals surface area contributed by atoms with Crippen molar-refractivity contribution in [1.29, 1.82) is 0 Å². The molecule has 6 nitrogen and oxygen atoms in total. The summed E-state index contributed by atoms with van der Waals surface area (Å²) in [4.78, 5) is 38.2. The topological polar surface area (TPSA) is 78.9 Å². The minimum Gasteiger partial charge on any atom is -0.462 e. The van der Waals surface area contributed by atoms with Crippen molar-refractivity contribution in [2.24, 2.45) is 0 Å². The van der Waals surface area contributed by atoms with Crippen LogP contribution in [0.3, 0.4) is 0 Å². The Labute approximate surface area is 463 Å². The second-order valence-corrected chi connectivity index (χ2v) is 20.6. The fourth-order valence-electron chi connectivity index (χ4n) is 8.64. The van der Waals surface area contributed by atoms with Crippen molar-refractivity contribution < 1.29 is 28.6 Å². The van der Waals surface area contributed by atoms with Crippen LogP contribution in [0.25, 0.3) is 0 Å². The number of esters is 3. The number of unbranched alkanes of at least 4 members (excludes halogenated alkanes) is 27. The van der Waals surface area contributed by atoms with Gasteiger partial charge in [0.05, 0.1) is 0 Å². The zero-order valence-corrected chi connectivity index (χ0v) is 49.0. The Hall–Kier alpha value is -3.93. The molecular weight excluding hydrogens is 925 g/mol. The summed E-state index contributed by atoms with van der Waals surface area (Å²) < 4.78 is 16.9. The van der Waals surface area contributed by atoms with Gasteiger partial charge in [0.15, 0.2) is 6.10 Å². The highest BCUT2D eigenvalue weighted by Crippen LogP contribution is 2.16. The van der Waals surface area contributed by atoms with E-state index in [2.05, 4.69) is 130 Å². The van der Waals surface area contributed by atoms with Gasteiger partial charge < -0.3 is 14.2 Å². The van der Waals surface area contributed by atoms with E-state index < -0.39 is 6.10 Å². The molecule has 0 aromatic carbocycles. The highest BCUT2D eigenvalue weighted by Gasteiger charge is 2.19. The molecule has 0 N–H and O–H groups in total. The van der Waals surface area contributed by atoms with Crippen LogP contribution in [0.15, 0.2) is 109 Å². The van der Waals surface area contributed by atoms with Gasteiger partial charge in [0.25, 0.3) is 0 Å². The first-order chi connectivity index (χ1) is 37.0. The molecule has 6 heteroatoms. The van der Waals surface area contributed by atoms with Gasteiger partial charge in [0, 0.05) is 19.3 Å². The summed E-state index contributed by atoms with van der Waals surface area (Å²) in [5.41, 5.74) is 0. The minimum absolute atomic E-state index is 0.0815. The number of hydrogen-bond acceptors (Lipinski definition) is 6. The molecular formula is C69H116O6. The largest absolute Gasteiger partial charge is 0.462 e. The molecule has 0 heterocycles.